The standard InChI is InChI=1S/C15H13ClFNO5S/c16-10-1-6-13(14(17)9-10)15(19)23-8-7-22-11-2-4-12(5-3-11)24(18,20)21/h1-6,9H,7-8H2,(H2,18,20,21). The van der Waals surface area contributed by atoms with E-state index in [9.17, 15) is 17.6 Å². The second-order valence-electron chi connectivity index (χ2n) is 4.62. The van der Waals surface area contributed by atoms with Gasteiger partial charge in [0.1, 0.15) is 24.8 Å². The Hall–Kier alpha value is -2.16. The minimum absolute atomic E-state index is 0.00959. The number of carbonyl (C=O) groups excluding carboxylic acids is 1. The van der Waals surface area contributed by atoms with Crippen LogP contribution in [0.3, 0.4) is 0 Å². The van der Waals surface area contributed by atoms with Crippen molar-refractivity contribution in [1.82, 2.24) is 0 Å². The smallest absolute Gasteiger partial charge is 0.341 e. The molecule has 0 spiro atoms. The van der Waals surface area contributed by atoms with E-state index in [-0.39, 0.29) is 28.7 Å². The first-order chi connectivity index (χ1) is 11.3. The van der Waals surface area contributed by atoms with E-state index in [2.05, 4.69) is 0 Å². The fourth-order valence-electron chi connectivity index (χ4n) is 1.75. The van der Waals surface area contributed by atoms with Gasteiger partial charge >= 0.3 is 5.97 Å². The van der Waals surface area contributed by atoms with Crippen molar-refractivity contribution in [2.24, 2.45) is 5.14 Å². The molecule has 9 heteroatoms. The molecule has 0 aliphatic heterocycles. The van der Waals surface area contributed by atoms with Crippen molar-refractivity contribution < 1.29 is 27.1 Å². The van der Waals surface area contributed by atoms with Crippen LogP contribution in [0.15, 0.2) is 47.4 Å². The van der Waals surface area contributed by atoms with Gasteiger partial charge in [0.25, 0.3) is 0 Å². The predicted octanol–water partition coefficient (Wildman–Crippen LogP) is 2.36. The van der Waals surface area contributed by atoms with Crippen LogP contribution in [-0.2, 0) is 14.8 Å². The van der Waals surface area contributed by atoms with Crippen molar-refractivity contribution in [3.63, 3.8) is 0 Å². The summed E-state index contributed by atoms with van der Waals surface area (Å²) in [4.78, 5) is 11.7. The molecule has 0 fully saturated rings. The molecule has 128 valence electrons. The first-order valence-corrected chi connectivity index (χ1v) is 8.57. The maximum Gasteiger partial charge on any atom is 0.341 e. The van der Waals surface area contributed by atoms with Crippen molar-refractivity contribution in [2.75, 3.05) is 13.2 Å². The van der Waals surface area contributed by atoms with Gasteiger partial charge in [-0.05, 0) is 42.5 Å². The summed E-state index contributed by atoms with van der Waals surface area (Å²) in [6.45, 7) is -0.104. The molecule has 0 radical (unpaired) electrons. The lowest BCUT2D eigenvalue weighted by Crippen LogP contribution is -2.14. The Morgan fingerprint density at radius 1 is 1.12 bits per heavy atom. The fourth-order valence-corrected chi connectivity index (χ4v) is 2.43. The average molecular weight is 374 g/mol. The summed E-state index contributed by atoms with van der Waals surface area (Å²) in [5.41, 5.74) is -0.225. The Morgan fingerprint density at radius 3 is 2.38 bits per heavy atom. The van der Waals surface area contributed by atoms with Gasteiger partial charge < -0.3 is 9.47 Å². The minimum Gasteiger partial charge on any atom is -0.490 e. The molecule has 2 N–H and O–H groups in total. The van der Waals surface area contributed by atoms with Crippen LogP contribution in [0.2, 0.25) is 5.02 Å². The van der Waals surface area contributed by atoms with E-state index >= 15 is 0 Å². The molecule has 6 nitrogen and oxygen atoms in total. The maximum absolute atomic E-state index is 13.5. The zero-order valence-corrected chi connectivity index (χ0v) is 13.8. The Morgan fingerprint density at radius 2 is 1.79 bits per heavy atom. The van der Waals surface area contributed by atoms with Gasteiger partial charge in [-0.3, -0.25) is 0 Å². The van der Waals surface area contributed by atoms with Gasteiger partial charge in [-0.25, -0.2) is 22.7 Å². The van der Waals surface area contributed by atoms with Crippen LogP contribution < -0.4 is 9.88 Å². The molecular formula is C15H13ClFNO5S. The van der Waals surface area contributed by atoms with E-state index in [4.69, 9.17) is 26.2 Å². The fraction of sp³-hybridized carbons (Fsp3) is 0.133. The van der Waals surface area contributed by atoms with Gasteiger partial charge in [-0.1, -0.05) is 11.6 Å². The molecule has 0 saturated carbocycles. The molecule has 0 unspecified atom stereocenters. The summed E-state index contributed by atoms with van der Waals surface area (Å²) < 4.78 is 45.9. The van der Waals surface area contributed by atoms with Gasteiger partial charge in [0.05, 0.1) is 10.5 Å². The highest BCUT2D eigenvalue weighted by Gasteiger charge is 2.13. The van der Waals surface area contributed by atoms with Crippen LogP contribution in [0.5, 0.6) is 5.75 Å². The molecule has 0 amide bonds. The summed E-state index contributed by atoms with van der Waals surface area (Å²) in [7, 11) is -3.76. The largest absolute Gasteiger partial charge is 0.490 e. The lowest BCUT2D eigenvalue weighted by Gasteiger charge is -2.08. The zero-order chi connectivity index (χ0) is 17.7. The van der Waals surface area contributed by atoms with Gasteiger partial charge in [-0.15, -0.1) is 0 Å². The van der Waals surface area contributed by atoms with Crippen LogP contribution >= 0.6 is 11.6 Å². The third-order valence-electron chi connectivity index (χ3n) is 2.89. The summed E-state index contributed by atoms with van der Waals surface area (Å²) in [5, 5.41) is 5.15. The maximum atomic E-state index is 13.5. The molecule has 0 aliphatic carbocycles. The van der Waals surface area contributed by atoms with Crippen LogP contribution in [0.1, 0.15) is 10.4 Å². The Kier molecular flexibility index (Phi) is 5.76. The predicted molar refractivity (Wildman–Crippen MR) is 85.0 cm³/mol. The lowest BCUT2D eigenvalue weighted by molar-refractivity contribution is 0.0445. The molecule has 0 heterocycles. The van der Waals surface area contributed by atoms with E-state index in [0.29, 0.717) is 5.75 Å². The van der Waals surface area contributed by atoms with Crippen molar-refractivity contribution in [3.8, 4) is 5.75 Å². The molecule has 0 atom stereocenters. The molecule has 2 aromatic rings. The molecular weight excluding hydrogens is 361 g/mol. The molecule has 24 heavy (non-hydrogen) atoms. The Balaban J connectivity index is 1.83. The molecule has 2 aromatic carbocycles. The molecule has 0 aromatic heterocycles. The van der Waals surface area contributed by atoms with Crippen molar-refractivity contribution in [2.45, 2.75) is 4.90 Å². The SMILES string of the molecule is NS(=O)(=O)c1ccc(OCCOC(=O)c2ccc(Cl)cc2F)cc1. The third kappa shape index (κ3) is 4.92. The summed E-state index contributed by atoms with van der Waals surface area (Å²) in [6, 6.07) is 9.04. The number of ether oxygens (including phenoxy) is 2. The zero-order valence-electron chi connectivity index (χ0n) is 12.2. The van der Waals surface area contributed by atoms with Crippen LogP contribution in [-0.4, -0.2) is 27.6 Å². The second-order valence-corrected chi connectivity index (χ2v) is 6.62. The Labute approximate surface area is 143 Å². The highest BCUT2D eigenvalue weighted by Crippen LogP contribution is 2.16. The van der Waals surface area contributed by atoms with Gasteiger partial charge in [-0.2, -0.15) is 0 Å². The van der Waals surface area contributed by atoms with E-state index in [1.807, 2.05) is 0 Å². The van der Waals surface area contributed by atoms with Gasteiger partial charge in [0, 0.05) is 5.02 Å². The van der Waals surface area contributed by atoms with Gasteiger partial charge in [0.2, 0.25) is 10.0 Å². The summed E-state index contributed by atoms with van der Waals surface area (Å²) >= 11 is 5.60. The minimum atomic E-state index is -3.76. The number of nitrogens with two attached hydrogens (primary N) is 1. The Bertz CT molecular complexity index is 839. The number of primary sulfonamides is 1. The highest BCUT2D eigenvalue weighted by atomic mass is 35.5. The number of hydrogen-bond acceptors (Lipinski definition) is 5. The number of benzene rings is 2. The highest BCUT2D eigenvalue weighted by molar-refractivity contribution is 7.89. The monoisotopic (exact) mass is 373 g/mol. The third-order valence-corrected chi connectivity index (χ3v) is 4.05. The van der Waals surface area contributed by atoms with Crippen molar-refractivity contribution >= 4 is 27.6 Å². The molecule has 0 aliphatic rings. The van der Waals surface area contributed by atoms with E-state index < -0.39 is 21.8 Å². The second kappa shape index (κ2) is 7.61. The number of esters is 1. The first kappa shape index (κ1) is 18.2. The van der Waals surface area contributed by atoms with Crippen LogP contribution in [0.25, 0.3) is 0 Å². The lowest BCUT2D eigenvalue weighted by atomic mass is 10.2. The van der Waals surface area contributed by atoms with Crippen molar-refractivity contribution in [3.05, 3.63) is 58.9 Å². The number of hydrogen-bond donors (Lipinski definition) is 1. The quantitative estimate of drug-likeness (QED) is 0.619. The number of sulfonamides is 1. The average Bonchev–Trinajstić information content (AvgIpc) is 2.51. The molecule has 0 bridgehead atoms. The van der Waals surface area contributed by atoms with E-state index in [1.54, 1.807) is 0 Å². The topological polar surface area (TPSA) is 95.7 Å². The van der Waals surface area contributed by atoms with E-state index in [1.165, 1.54) is 36.4 Å². The van der Waals surface area contributed by atoms with Crippen LogP contribution in [0, 0.1) is 5.82 Å². The summed E-state index contributed by atoms with van der Waals surface area (Å²) in [6.07, 6.45) is 0. The van der Waals surface area contributed by atoms with Gasteiger partial charge in [0.15, 0.2) is 0 Å². The van der Waals surface area contributed by atoms with Crippen molar-refractivity contribution in [1.29, 1.82) is 0 Å². The number of carbonyl (C=O) groups is 1. The number of halogens is 2. The first-order valence-electron chi connectivity index (χ1n) is 6.65. The molecule has 0 saturated heterocycles. The number of rotatable bonds is 6. The summed E-state index contributed by atoms with van der Waals surface area (Å²) in [5.74, 6) is -1.24. The van der Waals surface area contributed by atoms with Crippen LogP contribution in [0.4, 0.5) is 4.39 Å². The normalized spacial score (nSPS) is 11.1. The van der Waals surface area contributed by atoms with E-state index in [0.717, 1.165) is 6.07 Å². The molecule has 2 rings (SSSR count).